The normalized spacial score (nSPS) is 10.2. The summed E-state index contributed by atoms with van der Waals surface area (Å²) in [5.74, 6) is 0.710. The van der Waals surface area contributed by atoms with Crippen LogP contribution in [0.4, 0.5) is 9.59 Å². The van der Waals surface area contributed by atoms with Gasteiger partial charge < -0.3 is 26.0 Å². The first-order valence-electron chi connectivity index (χ1n) is 8.83. The molecular weight excluding hydrogens is 320 g/mol. The van der Waals surface area contributed by atoms with Crippen molar-refractivity contribution in [2.45, 2.75) is 45.7 Å². The van der Waals surface area contributed by atoms with Crippen LogP contribution in [0.3, 0.4) is 0 Å². The highest BCUT2D eigenvalue weighted by molar-refractivity contribution is 5.77. The number of ether oxygens (including phenoxy) is 1. The zero-order chi connectivity index (χ0) is 18.5. The summed E-state index contributed by atoms with van der Waals surface area (Å²) >= 11 is 0. The second-order valence-electron chi connectivity index (χ2n) is 5.71. The Labute approximate surface area is 149 Å². The van der Waals surface area contributed by atoms with Crippen molar-refractivity contribution < 1.29 is 14.3 Å². The molecule has 0 spiro atoms. The molecule has 4 amide bonds. The first kappa shape index (κ1) is 20.6. The number of amides is 4. The van der Waals surface area contributed by atoms with Crippen molar-refractivity contribution >= 4 is 12.1 Å². The molecule has 0 saturated heterocycles. The number of rotatable bonds is 10. The van der Waals surface area contributed by atoms with E-state index in [1.54, 1.807) is 19.2 Å². The Morgan fingerprint density at radius 3 is 1.80 bits per heavy atom. The molecule has 140 valence electrons. The minimum Gasteiger partial charge on any atom is -0.497 e. The van der Waals surface area contributed by atoms with E-state index in [9.17, 15) is 9.59 Å². The van der Waals surface area contributed by atoms with E-state index in [0.717, 1.165) is 31.2 Å². The second-order valence-corrected chi connectivity index (χ2v) is 5.71. The van der Waals surface area contributed by atoms with Crippen molar-refractivity contribution in [2.75, 3.05) is 20.2 Å². The number of hydrogen-bond donors (Lipinski definition) is 4. The van der Waals surface area contributed by atoms with E-state index in [1.165, 1.54) is 0 Å². The van der Waals surface area contributed by atoms with Crippen molar-refractivity contribution in [3.05, 3.63) is 29.8 Å². The van der Waals surface area contributed by atoms with E-state index in [-0.39, 0.29) is 12.1 Å². The SMILES string of the molecule is CCCCNC(=O)NC(NC(=O)NCCCC)c1ccc(OC)cc1. The Morgan fingerprint density at radius 2 is 1.40 bits per heavy atom. The van der Waals surface area contributed by atoms with E-state index in [4.69, 9.17) is 4.74 Å². The third-order valence-electron chi connectivity index (χ3n) is 3.63. The molecule has 0 bridgehead atoms. The van der Waals surface area contributed by atoms with Gasteiger partial charge in [-0.05, 0) is 30.5 Å². The van der Waals surface area contributed by atoms with Gasteiger partial charge in [0.05, 0.1) is 7.11 Å². The summed E-state index contributed by atoms with van der Waals surface area (Å²) < 4.78 is 5.14. The highest BCUT2D eigenvalue weighted by Gasteiger charge is 2.17. The summed E-state index contributed by atoms with van der Waals surface area (Å²) in [7, 11) is 1.59. The summed E-state index contributed by atoms with van der Waals surface area (Å²) in [5, 5.41) is 11.1. The minimum atomic E-state index is -0.630. The van der Waals surface area contributed by atoms with Gasteiger partial charge in [0.1, 0.15) is 11.9 Å². The summed E-state index contributed by atoms with van der Waals surface area (Å²) in [4.78, 5) is 24.1. The maximum atomic E-state index is 12.0. The van der Waals surface area contributed by atoms with E-state index in [1.807, 2.05) is 12.1 Å². The first-order valence-corrected chi connectivity index (χ1v) is 8.83. The quantitative estimate of drug-likeness (QED) is 0.386. The molecule has 1 aromatic carbocycles. The third-order valence-corrected chi connectivity index (χ3v) is 3.63. The van der Waals surface area contributed by atoms with Gasteiger partial charge in [0, 0.05) is 13.1 Å². The van der Waals surface area contributed by atoms with Gasteiger partial charge in [-0.1, -0.05) is 38.8 Å². The van der Waals surface area contributed by atoms with Crippen molar-refractivity contribution in [1.29, 1.82) is 0 Å². The molecule has 7 nitrogen and oxygen atoms in total. The largest absolute Gasteiger partial charge is 0.497 e. The van der Waals surface area contributed by atoms with Gasteiger partial charge in [-0.25, -0.2) is 9.59 Å². The Balaban J connectivity index is 2.71. The van der Waals surface area contributed by atoms with Crippen LogP contribution in [-0.4, -0.2) is 32.3 Å². The average Bonchev–Trinajstić information content (AvgIpc) is 2.61. The fourth-order valence-electron chi connectivity index (χ4n) is 2.12. The number of carbonyl (C=O) groups is 2. The summed E-state index contributed by atoms with van der Waals surface area (Å²) in [6.45, 7) is 5.31. The number of urea groups is 2. The minimum absolute atomic E-state index is 0.317. The van der Waals surface area contributed by atoms with Crippen LogP contribution in [0.15, 0.2) is 24.3 Å². The Morgan fingerprint density at radius 1 is 0.920 bits per heavy atom. The maximum absolute atomic E-state index is 12.0. The van der Waals surface area contributed by atoms with Crippen LogP contribution in [0.2, 0.25) is 0 Å². The lowest BCUT2D eigenvalue weighted by molar-refractivity contribution is 0.226. The lowest BCUT2D eigenvalue weighted by Crippen LogP contribution is -2.48. The van der Waals surface area contributed by atoms with Gasteiger partial charge in [-0.3, -0.25) is 0 Å². The van der Waals surface area contributed by atoms with Crippen LogP contribution in [0.1, 0.15) is 51.3 Å². The molecule has 7 heteroatoms. The summed E-state index contributed by atoms with van der Waals surface area (Å²) in [6, 6.07) is 6.56. The predicted octanol–water partition coefficient (Wildman–Crippen LogP) is 2.89. The molecular formula is C18H30N4O3. The Kier molecular flexibility index (Phi) is 9.89. The summed E-state index contributed by atoms with van der Waals surface area (Å²) in [5.41, 5.74) is 0.761. The smallest absolute Gasteiger partial charge is 0.316 e. The molecule has 4 N–H and O–H groups in total. The molecule has 0 fully saturated rings. The van der Waals surface area contributed by atoms with Gasteiger partial charge in [0.15, 0.2) is 0 Å². The molecule has 0 radical (unpaired) electrons. The molecule has 0 saturated carbocycles. The van der Waals surface area contributed by atoms with Gasteiger partial charge >= 0.3 is 12.1 Å². The topological polar surface area (TPSA) is 91.5 Å². The summed E-state index contributed by atoms with van der Waals surface area (Å²) in [6.07, 6.45) is 3.19. The van der Waals surface area contributed by atoms with Crippen molar-refractivity contribution in [2.24, 2.45) is 0 Å². The molecule has 0 unspecified atom stereocenters. The van der Waals surface area contributed by atoms with Crippen molar-refractivity contribution in [3.63, 3.8) is 0 Å². The van der Waals surface area contributed by atoms with Crippen LogP contribution in [0.5, 0.6) is 5.75 Å². The van der Waals surface area contributed by atoms with Crippen LogP contribution < -0.4 is 26.0 Å². The fraction of sp³-hybridized carbons (Fsp3) is 0.556. The predicted molar refractivity (Wildman–Crippen MR) is 98.6 cm³/mol. The molecule has 0 aliphatic heterocycles. The van der Waals surface area contributed by atoms with Gasteiger partial charge in [-0.15, -0.1) is 0 Å². The number of nitrogens with one attached hydrogen (secondary N) is 4. The molecule has 1 rings (SSSR count). The number of hydrogen-bond acceptors (Lipinski definition) is 3. The lowest BCUT2D eigenvalue weighted by Gasteiger charge is -2.21. The monoisotopic (exact) mass is 350 g/mol. The average molecular weight is 350 g/mol. The van der Waals surface area contributed by atoms with Crippen molar-refractivity contribution in [1.82, 2.24) is 21.3 Å². The molecule has 0 aliphatic rings. The molecule has 0 atom stereocenters. The van der Waals surface area contributed by atoms with Crippen LogP contribution >= 0.6 is 0 Å². The van der Waals surface area contributed by atoms with E-state index in [0.29, 0.717) is 18.8 Å². The van der Waals surface area contributed by atoms with Crippen LogP contribution in [-0.2, 0) is 0 Å². The highest BCUT2D eigenvalue weighted by Crippen LogP contribution is 2.16. The first-order chi connectivity index (χ1) is 12.1. The third kappa shape index (κ3) is 8.28. The Bertz CT molecular complexity index is 496. The number of unbranched alkanes of at least 4 members (excludes halogenated alkanes) is 2. The van der Waals surface area contributed by atoms with Gasteiger partial charge in [-0.2, -0.15) is 0 Å². The molecule has 1 aromatic rings. The van der Waals surface area contributed by atoms with Gasteiger partial charge in [0.25, 0.3) is 0 Å². The maximum Gasteiger partial charge on any atom is 0.316 e. The number of benzene rings is 1. The van der Waals surface area contributed by atoms with Gasteiger partial charge in [0.2, 0.25) is 0 Å². The zero-order valence-corrected chi connectivity index (χ0v) is 15.4. The standard InChI is InChI=1S/C18H30N4O3/c1-4-6-12-19-17(23)21-16(22-18(24)20-13-7-5-2)14-8-10-15(25-3)11-9-14/h8-11,16H,4-7,12-13H2,1-3H3,(H2,19,21,23)(H2,20,22,24). The lowest BCUT2D eigenvalue weighted by atomic mass is 10.1. The van der Waals surface area contributed by atoms with Crippen molar-refractivity contribution in [3.8, 4) is 5.75 Å². The van der Waals surface area contributed by atoms with E-state index < -0.39 is 6.17 Å². The number of carbonyl (C=O) groups excluding carboxylic acids is 2. The zero-order valence-electron chi connectivity index (χ0n) is 15.4. The van der Waals surface area contributed by atoms with Crippen LogP contribution in [0.25, 0.3) is 0 Å². The second kappa shape index (κ2) is 12.0. The highest BCUT2D eigenvalue weighted by atomic mass is 16.5. The fourth-order valence-corrected chi connectivity index (χ4v) is 2.12. The molecule has 0 heterocycles. The molecule has 0 aliphatic carbocycles. The van der Waals surface area contributed by atoms with E-state index >= 15 is 0 Å². The number of methoxy groups -OCH3 is 1. The Hall–Kier alpha value is -2.44. The molecule has 0 aromatic heterocycles. The molecule has 25 heavy (non-hydrogen) atoms. The van der Waals surface area contributed by atoms with Crippen LogP contribution in [0, 0.1) is 0 Å². The van der Waals surface area contributed by atoms with E-state index in [2.05, 4.69) is 35.1 Å².